The van der Waals surface area contributed by atoms with E-state index in [1.807, 2.05) is 60.0 Å². The third-order valence-electron chi connectivity index (χ3n) is 6.23. The maximum Gasteiger partial charge on any atom is 0.253 e. The Kier molecular flexibility index (Phi) is 6.59. The van der Waals surface area contributed by atoms with E-state index in [-0.39, 0.29) is 11.8 Å². The Morgan fingerprint density at radius 1 is 0.871 bits per heavy atom. The molecule has 2 aromatic carbocycles. The van der Waals surface area contributed by atoms with Crippen molar-refractivity contribution in [1.29, 1.82) is 0 Å². The second-order valence-electron chi connectivity index (χ2n) is 8.97. The lowest BCUT2D eigenvalue weighted by atomic mass is 9.97. The molecule has 31 heavy (non-hydrogen) atoms. The van der Waals surface area contributed by atoms with Gasteiger partial charge in [-0.3, -0.25) is 9.59 Å². The van der Waals surface area contributed by atoms with Gasteiger partial charge in [0.25, 0.3) is 11.8 Å². The second kappa shape index (κ2) is 9.54. The zero-order valence-electron chi connectivity index (χ0n) is 18.6. The van der Waals surface area contributed by atoms with E-state index in [9.17, 15) is 9.59 Å². The lowest BCUT2D eigenvalue weighted by Gasteiger charge is -2.33. The van der Waals surface area contributed by atoms with Crippen LogP contribution in [-0.4, -0.2) is 54.4 Å². The molecular formula is C26H32N2O3. The Labute approximate surface area is 185 Å². The summed E-state index contributed by atoms with van der Waals surface area (Å²) in [5.74, 6) is 1.21. The molecule has 0 saturated carbocycles. The van der Waals surface area contributed by atoms with Crippen molar-refractivity contribution in [3.63, 3.8) is 0 Å². The molecule has 2 aromatic rings. The fourth-order valence-corrected chi connectivity index (χ4v) is 4.70. The summed E-state index contributed by atoms with van der Waals surface area (Å²) in [6.45, 7) is 7.80. The number of piperidine rings is 1. The summed E-state index contributed by atoms with van der Waals surface area (Å²) in [6.07, 6.45) is 4.20. The molecule has 0 bridgehead atoms. The van der Waals surface area contributed by atoms with Crippen LogP contribution in [-0.2, 0) is 0 Å². The first-order chi connectivity index (χ1) is 15.0. The van der Waals surface area contributed by atoms with Crippen LogP contribution in [0.15, 0.2) is 42.5 Å². The van der Waals surface area contributed by atoms with Crippen LogP contribution in [0.25, 0.3) is 0 Å². The lowest BCUT2D eigenvalue weighted by Crippen LogP contribution is -2.41. The molecule has 2 amide bonds. The summed E-state index contributed by atoms with van der Waals surface area (Å²) in [6, 6.07) is 13.5. The highest BCUT2D eigenvalue weighted by Gasteiger charge is 2.25. The van der Waals surface area contributed by atoms with E-state index in [2.05, 4.69) is 6.07 Å². The molecule has 2 heterocycles. The van der Waals surface area contributed by atoms with Crippen molar-refractivity contribution in [3.05, 3.63) is 64.7 Å². The highest BCUT2D eigenvalue weighted by Crippen LogP contribution is 2.23. The number of carbonyl (C=O) groups is 2. The molecule has 1 atom stereocenters. The molecule has 2 aliphatic heterocycles. The van der Waals surface area contributed by atoms with Gasteiger partial charge in [0.15, 0.2) is 0 Å². The average molecular weight is 421 g/mol. The topological polar surface area (TPSA) is 49.9 Å². The smallest absolute Gasteiger partial charge is 0.253 e. The maximum absolute atomic E-state index is 13.0. The first kappa shape index (κ1) is 21.4. The number of carbonyl (C=O) groups excluding carboxylic acids is 2. The van der Waals surface area contributed by atoms with Crippen molar-refractivity contribution in [3.8, 4) is 5.75 Å². The van der Waals surface area contributed by atoms with Gasteiger partial charge in [0, 0.05) is 43.2 Å². The summed E-state index contributed by atoms with van der Waals surface area (Å²) >= 11 is 0. The normalized spacial score (nSPS) is 18.8. The van der Waals surface area contributed by atoms with Gasteiger partial charge in [0.2, 0.25) is 0 Å². The molecule has 0 unspecified atom stereocenters. The van der Waals surface area contributed by atoms with Crippen LogP contribution < -0.4 is 4.74 Å². The minimum Gasteiger partial charge on any atom is -0.493 e. The molecule has 0 radical (unpaired) electrons. The van der Waals surface area contributed by atoms with E-state index in [1.165, 1.54) is 0 Å². The van der Waals surface area contributed by atoms with E-state index < -0.39 is 0 Å². The number of likely N-dealkylation sites (tertiary alicyclic amines) is 2. The van der Waals surface area contributed by atoms with Crippen LogP contribution in [0, 0.1) is 19.8 Å². The highest BCUT2D eigenvalue weighted by molar-refractivity contribution is 5.95. The SMILES string of the molecule is Cc1cc(C)cc(C(=O)N2CCC[C@@H](COc3cccc(C(=O)N4CCCC4)c3)C2)c1. The molecule has 164 valence electrons. The monoisotopic (exact) mass is 420 g/mol. The van der Waals surface area contributed by atoms with Crippen molar-refractivity contribution >= 4 is 11.8 Å². The minimum atomic E-state index is 0.0887. The second-order valence-corrected chi connectivity index (χ2v) is 8.97. The minimum absolute atomic E-state index is 0.0887. The molecule has 5 nitrogen and oxygen atoms in total. The molecule has 0 aromatic heterocycles. The number of nitrogens with zero attached hydrogens (tertiary/aromatic N) is 2. The average Bonchev–Trinajstić information content (AvgIpc) is 3.31. The highest BCUT2D eigenvalue weighted by atomic mass is 16.5. The molecule has 2 saturated heterocycles. The van der Waals surface area contributed by atoms with Crippen LogP contribution in [0.5, 0.6) is 5.75 Å². The first-order valence-electron chi connectivity index (χ1n) is 11.4. The zero-order valence-corrected chi connectivity index (χ0v) is 18.6. The van der Waals surface area contributed by atoms with Crippen LogP contribution >= 0.6 is 0 Å². The van der Waals surface area contributed by atoms with E-state index in [4.69, 9.17) is 4.74 Å². The van der Waals surface area contributed by atoms with Crippen LogP contribution in [0.3, 0.4) is 0 Å². The number of hydrogen-bond acceptors (Lipinski definition) is 3. The van der Waals surface area contributed by atoms with Crippen molar-refractivity contribution in [2.75, 3.05) is 32.8 Å². The summed E-state index contributed by atoms with van der Waals surface area (Å²) < 4.78 is 6.06. The molecule has 0 N–H and O–H groups in total. The summed E-state index contributed by atoms with van der Waals surface area (Å²) in [7, 11) is 0. The Morgan fingerprint density at radius 2 is 1.55 bits per heavy atom. The Balaban J connectivity index is 1.35. The van der Waals surface area contributed by atoms with Crippen molar-refractivity contribution in [1.82, 2.24) is 9.80 Å². The third-order valence-corrected chi connectivity index (χ3v) is 6.23. The molecule has 2 fully saturated rings. The van der Waals surface area contributed by atoms with Crippen LogP contribution in [0.4, 0.5) is 0 Å². The molecule has 0 aliphatic carbocycles. The van der Waals surface area contributed by atoms with Crippen LogP contribution in [0.2, 0.25) is 0 Å². The number of amides is 2. The van der Waals surface area contributed by atoms with E-state index in [1.54, 1.807) is 0 Å². The van der Waals surface area contributed by atoms with Gasteiger partial charge in [-0.1, -0.05) is 23.3 Å². The van der Waals surface area contributed by atoms with Crippen LogP contribution in [0.1, 0.15) is 57.5 Å². The lowest BCUT2D eigenvalue weighted by molar-refractivity contribution is 0.0632. The quantitative estimate of drug-likeness (QED) is 0.717. The Morgan fingerprint density at radius 3 is 2.29 bits per heavy atom. The fourth-order valence-electron chi connectivity index (χ4n) is 4.70. The molecule has 5 heteroatoms. The van der Waals surface area contributed by atoms with Crippen molar-refractivity contribution in [2.45, 2.75) is 39.5 Å². The van der Waals surface area contributed by atoms with E-state index >= 15 is 0 Å². The Bertz CT molecular complexity index is 929. The number of rotatable bonds is 5. The summed E-state index contributed by atoms with van der Waals surface area (Å²) in [4.78, 5) is 29.5. The summed E-state index contributed by atoms with van der Waals surface area (Å²) in [5.41, 5.74) is 3.69. The number of aryl methyl sites for hydroxylation is 2. The number of hydrogen-bond donors (Lipinski definition) is 0. The molecule has 2 aliphatic rings. The molecule has 4 rings (SSSR count). The standard InChI is InChI=1S/C26H32N2O3/c1-19-13-20(2)15-23(14-19)26(30)28-12-6-7-21(17-28)18-31-24-9-5-8-22(16-24)25(29)27-10-3-4-11-27/h5,8-9,13-16,21H,3-4,6-7,10-12,17-18H2,1-2H3/t21-/m1/s1. The maximum atomic E-state index is 13.0. The van der Waals surface area contributed by atoms with E-state index in [0.29, 0.717) is 24.6 Å². The van der Waals surface area contributed by atoms with Gasteiger partial charge in [-0.25, -0.2) is 0 Å². The predicted octanol–water partition coefficient (Wildman–Crippen LogP) is 4.47. The molecular weight excluding hydrogens is 388 g/mol. The molecule has 0 spiro atoms. The van der Waals surface area contributed by atoms with Gasteiger partial charge < -0.3 is 14.5 Å². The van der Waals surface area contributed by atoms with Gasteiger partial charge in [-0.05, 0) is 69.9 Å². The largest absolute Gasteiger partial charge is 0.493 e. The number of ether oxygens (including phenoxy) is 1. The fraction of sp³-hybridized carbons (Fsp3) is 0.462. The predicted molar refractivity (Wildman–Crippen MR) is 122 cm³/mol. The van der Waals surface area contributed by atoms with E-state index in [0.717, 1.165) is 67.8 Å². The van der Waals surface area contributed by atoms with Gasteiger partial charge in [0.05, 0.1) is 6.61 Å². The first-order valence-corrected chi connectivity index (χ1v) is 11.4. The van der Waals surface area contributed by atoms with Gasteiger partial charge in [0.1, 0.15) is 5.75 Å². The zero-order chi connectivity index (χ0) is 21.8. The van der Waals surface area contributed by atoms with Crippen molar-refractivity contribution < 1.29 is 14.3 Å². The van der Waals surface area contributed by atoms with Gasteiger partial charge >= 0.3 is 0 Å². The van der Waals surface area contributed by atoms with Gasteiger partial charge in [-0.2, -0.15) is 0 Å². The van der Waals surface area contributed by atoms with Crippen molar-refractivity contribution in [2.24, 2.45) is 5.92 Å². The third kappa shape index (κ3) is 5.27. The number of benzene rings is 2. The Hall–Kier alpha value is -2.82. The van der Waals surface area contributed by atoms with Gasteiger partial charge in [-0.15, -0.1) is 0 Å². The summed E-state index contributed by atoms with van der Waals surface area (Å²) in [5, 5.41) is 0.